The number of nitrogens with zero attached hydrogens (tertiary/aromatic N) is 3. The Morgan fingerprint density at radius 3 is 2.52 bits per heavy atom. The van der Waals surface area contributed by atoms with Crippen LogP contribution in [0.3, 0.4) is 0 Å². The fourth-order valence-corrected chi connectivity index (χ4v) is 5.54. The van der Waals surface area contributed by atoms with Gasteiger partial charge >= 0.3 is 6.01 Å². The first-order valence-electron chi connectivity index (χ1n) is 10.3. The van der Waals surface area contributed by atoms with Gasteiger partial charge in [-0.3, -0.25) is 10.1 Å². The SMILES string of the molecule is CCN(C1CCCCC1)S(=O)(=O)c1ccc(C(=O)Nc2nnc(-c3ccco3)o2)cc1. The van der Waals surface area contributed by atoms with Crippen LogP contribution in [0, 0.1) is 0 Å². The van der Waals surface area contributed by atoms with Crippen molar-refractivity contribution in [2.75, 3.05) is 11.9 Å². The van der Waals surface area contributed by atoms with E-state index in [4.69, 9.17) is 8.83 Å². The molecule has 0 spiro atoms. The molecule has 0 aliphatic heterocycles. The van der Waals surface area contributed by atoms with Gasteiger partial charge in [0.15, 0.2) is 5.76 Å². The van der Waals surface area contributed by atoms with Crippen molar-refractivity contribution in [3.63, 3.8) is 0 Å². The van der Waals surface area contributed by atoms with Crippen LogP contribution in [0.25, 0.3) is 11.7 Å². The first-order valence-corrected chi connectivity index (χ1v) is 11.7. The van der Waals surface area contributed by atoms with Crippen LogP contribution in [0.15, 0.2) is 56.4 Å². The summed E-state index contributed by atoms with van der Waals surface area (Å²) in [6.07, 6.45) is 6.50. The highest BCUT2D eigenvalue weighted by molar-refractivity contribution is 7.89. The number of benzene rings is 1. The van der Waals surface area contributed by atoms with Crippen LogP contribution in [-0.4, -0.2) is 41.4 Å². The van der Waals surface area contributed by atoms with E-state index in [2.05, 4.69) is 15.5 Å². The number of amides is 1. The summed E-state index contributed by atoms with van der Waals surface area (Å²) in [6.45, 7) is 2.28. The van der Waals surface area contributed by atoms with Gasteiger partial charge in [-0.25, -0.2) is 8.42 Å². The van der Waals surface area contributed by atoms with Gasteiger partial charge in [0.2, 0.25) is 10.0 Å². The zero-order valence-electron chi connectivity index (χ0n) is 17.2. The molecule has 164 valence electrons. The largest absolute Gasteiger partial charge is 0.459 e. The van der Waals surface area contributed by atoms with Crippen LogP contribution in [0.4, 0.5) is 6.01 Å². The number of sulfonamides is 1. The molecule has 31 heavy (non-hydrogen) atoms. The molecule has 0 atom stereocenters. The maximum Gasteiger partial charge on any atom is 0.322 e. The standard InChI is InChI=1S/C21H24N4O5S/c1-2-25(16-7-4-3-5-8-16)31(27,28)17-12-10-15(11-13-17)19(26)22-21-24-23-20(30-21)18-9-6-14-29-18/h6,9-14,16H,2-5,7-8H2,1H3,(H,22,24,26). The van der Waals surface area contributed by atoms with Gasteiger partial charge in [0.05, 0.1) is 11.2 Å². The molecule has 4 rings (SSSR count). The van der Waals surface area contributed by atoms with E-state index >= 15 is 0 Å². The van der Waals surface area contributed by atoms with Crippen molar-refractivity contribution >= 4 is 21.9 Å². The number of nitrogens with one attached hydrogen (secondary N) is 1. The molecule has 1 saturated carbocycles. The second-order valence-corrected chi connectivity index (χ2v) is 9.26. The number of carbonyl (C=O) groups excluding carboxylic acids is 1. The van der Waals surface area contributed by atoms with E-state index in [-0.39, 0.29) is 28.4 Å². The molecule has 2 heterocycles. The Kier molecular flexibility index (Phi) is 6.19. The van der Waals surface area contributed by atoms with Crippen LogP contribution in [-0.2, 0) is 10.0 Å². The smallest absolute Gasteiger partial charge is 0.322 e. The minimum Gasteiger partial charge on any atom is -0.459 e. The Morgan fingerprint density at radius 2 is 1.87 bits per heavy atom. The normalized spacial score (nSPS) is 15.3. The van der Waals surface area contributed by atoms with Crippen LogP contribution in [0.2, 0.25) is 0 Å². The number of furan rings is 1. The molecule has 1 amide bonds. The summed E-state index contributed by atoms with van der Waals surface area (Å²) in [7, 11) is -3.62. The van der Waals surface area contributed by atoms with Crippen molar-refractivity contribution in [2.24, 2.45) is 0 Å². The van der Waals surface area contributed by atoms with E-state index in [9.17, 15) is 13.2 Å². The molecule has 2 aromatic heterocycles. The minimum absolute atomic E-state index is 0.0348. The predicted molar refractivity (Wildman–Crippen MR) is 113 cm³/mol. The lowest BCUT2D eigenvalue weighted by molar-refractivity contribution is 0.102. The zero-order valence-corrected chi connectivity index (χ0v) is 18.0. The fraction of sp³-hybridized carbons (Fsp3) is 0.381. The van der Waals surface area contributed by atoms with E-state index in [1.807, 2.05) is 6.92 Å². The number of carbonyl (C=O) groups is 1. The van der Waals surface area contributed by atoms with Gasteiger partial charge in [-0.05, 0) is 49.2 Å². The summed E-state index contributed by atoms with van der Waals surface area (Å²) >= 11 is 0. The Morgan fingerprint density at radius 1 is 1.13 bits per heavy atom. The molecule has 1 N–H and O–H groups in total. The molecule has 0 radical (unpaired) electrons. The molecular formula is C21H24N4O5S. The van der Waals surface area contributed by atoms with Crippen LogP contribution in [0.5, 0.6) is 0 Å². The van der Waals surface area contributed by atoms with E-state index < -0.39 is 15.9 Å². The van der Waals surface area contributed by atoms with E-state index in [0.717, 1.165) is 32.1 Å². The third kappa shape index (κ3) is 4.54. The Labute approximate surface area is 180 Å². The fourth-order valence-electron chi connectivity index (χ4n) is 3.85. The summed E-state index contributed by atoms with van der Waals surface area (Å²) in [6, 6.07) is 9.15. The molecule has 1 aliphatic rings. The van der Waals surface area contributed by atoms with Crippen molar-refractivity contribution < 1.29 is 22.0 Å². The third-order valence-electron chi connectivity index (χ3n) is 5.39. The van der Waals surface area contributed by atoms with Crippen molar-refractivity contribution in [1.29, 1.82) is 0 Å². The monoisotopic (exact) mass is 444 g/mol. The van der Waals surface area contributed by atoms with Crippen LogP contribution >= 0.6 is 0 Å². The van der Waals surface area contributed by atoms with Crippen LogP contribution in [0.1, 0.15) is 49.4 Å². The molecule has 0 unspecified atom stereocenters. The molecule has 0 saturated heterocycles. The van der Waals surface area contributed by atoms with Gasteiger partial charge in [0.1, 0.15) is 0 Å². The van der Waals surface area contributed by atoms with E-state index in [1.165, 1.54) is 30.5 Å². The first-order chi connectivity index (χ1) is 15.0. The van der Waals surface area contributed by atoms with Gasteiger partial charge in [-0.2, -0.15) is 4.31 Å². The summed E-state index contributed by atoms with van der Waals surface area (Å²) in [5, 5.41) is 10.1. The highest BCUT2D eigenvalue weighted by Gasteiger charge is 2.31. The Bertz CT molecular complexity index is 1120. The number of aromatic nitrogens is 2. The minimum atomic E-state index is -3.62. The van der Waals surface area contributed by atoms with Gasteiger partial charge in [0.25, 0.3) is 11.8 Å². The van der Waals surface area contributed by atoms with Crippen molar-refractivity contribution in [3.05, 3.63) is 48.2 Å². The number of hydrogen-bond acceptors (Lipinski definition) is 7. The van der Waals surface area contributed by atoms with Gasteiger partial charge in [-0.1, -0.05) is 31.3 Å². The van der Waals surface area contributed by atoms with E-state index in [0.29, 0.717) is 12.3 Å². The lowest BCUT2D eigenvalue weighted by atomic mass is 9.95. The van der Waals surface area contributed by atoms with Gasteiger partial charge in [0, 0.05) is 18.2 Å². The summed E-state index contributed by atoms with van der Waals surface area (Å²) < 4.78 is 38.4. The molecule has 9 nitrogen and oxygen atoms in total. The van der Waals surface area contributed by atoms with Gasteiger partial charge < -0.3 is 8.83 Å². The molecule has 3 aromatic rings. The number of anilines is 1. The summed E-state index contributed by atoms with van der Waals surface area (Å²) in [5.41, 5.74) is 0.275. The highest BCUT2D eigenvalue weighted by Crippen LogP contribution is 2.28. The molecule has 0 bridgehead atoms. The molecular weight excluding hydrogens is 420 g/mol. The maximum atomic E-state index is 13.1. The third-order valence-corrected chi connectivity index (χ3v) is 7.44. The first kappa shape index (κ1) is 21.3. The number of rotatable bonds is 7. The number of hydrogen-bond donors (Lipinski definition) is 1. The topological polar surface area (TPSA) is 119 Å². The molecule has 10 heteroatoms. The Hall–Kier alpha value is -2.98. The second kappa shape index (κ2) is 9.03. The molecule has 1 fully saturated rings. The van der Waals surface area contributed by atoms with Crippen molar-refractivity contribution in [3.8, 4) is 11.7 Å². The zero-order chi connectivity index (χ0) is 21.8. The van der Waals surface area contributed by atoms with Crippen LogP contribution < -0.4 is 5.32 Å². The average Bonchev–Trinajstić information content (AvgIpc) is 3.47. The second-order valence-electron chi connectivity index (χ2n) is 7.37. The summed E-state index contributed by atoms with van der Waals surface area (Å²) in [4.78, 5) is 12.7. The average molecular weight is 445 g/mol. The summed E-state index contributed by atoms with van der Waals surface area (Å²) in [5.74, 6) is 0.0448. The molecule has 1 aliphatic carbocycles. The highest BCUT2D eigenvalue weighted by atomic mass is 32.2. The lowest BCUT2D eigenvalue weighted by Gasteiger charge is -2.32. The van der Waals surface area contributed by atoms with Crippen molar-refractivity contribution in [2.45, 2.75) is 50.0 Å². The van der Waals surface area contributed by atoms with E-state index in [1.54, 1.807) is 16.4 Å². The molecule has 1 aromatic carbocycles. The van der Waals surface area contributed by atoms with Crippen molar-refractivity contribution in [1.82, 2.24) is 14.5 Å². The predicted octanol–water partition coefficient (Wildman–Crippen LogP) is 3.93. The Balaban J connectivity index is 1.46. The van der Waals surface area contributed by atoms with Gasteiger partial charge in [-0.15, -0.1) is 5.10 Å². The lowest BCUT2D eigenvalue weighted by Crippen LogP contribution is -2.41. The maximum absolute atomic E-state index is 13.1. The quantitative estimate of drug-likeness (QED) is 0.586.